The van der Waals surface area contributed by atoms with E-state index in [-0.39, 0.29) is 0 Å². The van der Waals surface area contributed by atoms with Gasteiger partial charge in [-0.3, -0.25) is 0 Å². The Bertz CT molecular complexity index is 285. The number of benzene rings is 1. The largest absolute Gasteiger partial charge is 0.397 e. The maximum Gasteiger partial charge on any atom is 0.0631 e. The summed E-state index contributed by atoms with van der Waals surface area (Å²) in [5.41, 5.74) is 9.31. The van der Waals surface area contributed by atoms with Crippen molar-refractivity contribution in [2.24, 2.45) is 0 Å². The number of rotatable bonds is 3. The van der Waals surface area contributed by atoms with Crippen LogP contribution in [0.2, 0.25) is 0 Å². The normalized spacial score (nSPS) is 10.6. The van der Waals surface area contributed by atoms with Crippen LogP contribution in [0.4, 0.5) is 11.4 Å². The summed E-state index contributed by atoms with van der Waals surface area (Å²) in [7, 11) is 0. The highest BCUT2D eigenvalue weighted by atomic mass is 15.2. The Morgan fingerprint density at radius 2 is 2.00 bits per heavy atom. The first-order valence-electron chi connectivity index (χ1n) is 5.19. The number of aryl methyl sites for hydroxylation is 1. The standard InChI is InChI=1S/C12H20N2/c1-5-14(9(2)3)12-10(4)7-6-8-11(12)13/h6-9H,5,13H2,1-4H3. The van der Waals surface area contributed by atoms with Crippen molar-refractivity contribution in [3.8, 4) is 0 Å². The molecule has 1 rings (SSSR count). The Balaban J connectivity index is 3.15. The van der Waals surface area contributed by atoms with Gasteiger partial charge in [-0.2, -0.15) is 0 Å². The summed E-state index contributed by atoms with van der Waals surface area (Å²) in [5.74, 6) is 0. The fourth-order valence-electron chi connectivity index (χ4n) is 1.86. The monoisotopic (exact) mass is 192 g/mol. The maximum absolute atomic E-state index is 5.99. The first-order chi connectivity index (χ1) is 6.57. The third kappa shape index (κ3) is 2.00. The molecule has 0 aliphatic heterocycles. The zero-order valence-electron chi connectivity index (χ0n) is 9.54. The number of para-hydroxylation sites is 1. The lowest BCUT2D eigenvalue weighted by molar-refractivity contribution is 0.702. The molecule has 0 amide bonds. The van der Waals surface area contributed by atoms with E-state index in [0.717, 1.165) is 12.2 Å². The summed E-state index contributed by atoms with van der Waals surface area (Å²) in [6.07, 6.45) is 0. The van der Waals surface area contributed by atoms with Crippen LogP contribution in [0.15, 0.2) is 18.2 Å². The zero-order valence-corrected chi connectivity index (χ0v) is 9.54. The van der Waals surface area contributed by atoms with Gasteiger partial charge in [-0.25, -0.2) is 0 Å². The van der Waals surface area contributed by atoms with Crippen molar-refractivity contribution in [3.63, 3.8) is 0 Å². The second-order valence-corrected chi connectivity index (χ2v) is 3.89. The van der Waals surface area contributed by atoms with E-state index >= 15 is 0 Å². The molecule has 0 heterocycles. The van der Waals surface area contributed by atoms with Crippen molar-refractivity contribution in [2.45, 2.75) is 33.7 Å². The topological polar surface area (TPSA) is 29.3 Å². The van der Waals surface area contributed by atoms with Gasteiger partial charge in [0.2, 0.25) is 0 Å². The molecule has 0 aliphatic rings. The van der Waals surface area contributed by atoms with Gasteiger partial charge in [0, 0.05) is 12.6 Å². The van der Waals surface area contributed by atoms with Crippen molar-refractivity contribution >= 4 is 11.4 Å². The minimum atomic E-state index is 0.489. The van der Waals surface area contributed by atoms with Crippen molar-refractivity contribution in [1.29, 1.82) is 0 Å². The lowest BCUT2D eigenvalue weighted by Crippen LogP contribution is -2.31. The Morgan fingerprint density at radius 1 is 1.36 bits per heavy atom. The van der Waals surface area contributed by atoms with Crippen LogP contribution >= 0.6 is 0 Å². The molecule has 0 bridgehead atoms. The molecule has 0 unspecified atom stereocenters. The summed E-state index contributed by atoms with van der Waals surface area (Å²) in [6.45, 7) is 9.64. The highest BCUT2D eigenvalue weighted by Crippen LogP contribution is 2.28. The number of hydrogen-bond donors (Lipinski definition) is 1. The Hall–Kier alpha value is -1.18. The molecule has 2 N–H and O–H groups in total. The number of nitrogens with zero attached hydrogens (tertiary/aromatic N) is 1. The number of nitrogens with two attached hydrogens (primary N) is 1. The molecule has 0 fully saturated rings. The van der Waals surface area contributed by atoms with E-state index in [9.17, 15) is 0 Å². The van der Waals surface area contributed by atoms with E-state index < -0.39 is 0 Å². The van der Waals surface area contributed by atoms with Gasteiger partial charge in [0.15, 0.2) is 0 Å². The predicted octanol–water partition coefficient (Wildman–Crippen LogP) is 2.81. The minimum Gasteiger partial charge on any atom is -0.397 e. The fraction of sp³-hybridized carbons (Fsp3) is 0.500. The third-order valence-corrected chi connectivity index (χ3v) is 2.52. The van der Waals surface area contributed by atoms with Crippen LogP contribution in [0.1, 0.15) is 26.3 Å². The average molecular weight is 192 g/mol. The second kappa shape index (κ2) is 4.36. The van der Waals surface area contributed by atoms with Crippen LogP contribution in [0.5, 0.6) is 0 Å². The van der Waals surface area contributed by atoms with Crippen molar-refractivity contribution in [2.75, 3.05) is 17.2 Å². The molecule has 1 aromatic rings. The maximum atomic E-state index is 5.99. The summed E-state index contributed by atoms with van der Waals surface area (Å²) < 4.78 is 0. The van der Waals surface area contributed by atoms with E-state index in [0.29, 0.717) is 6.04 Å². The lowest BCUT2D eigenvalue weighted by atomic mass is 10.1. The third-order valence-electron chi connectivity index (χ3n) is 2.52. The summed E-state index contributed by atoms with van der Waals surface area (Å²) in [5, 5.41) is 0. The Labute approximate surface area is 86.7 Å². The van der Waals surface area contributed by atoms with Gasteiger partial charge in [-0.05, 0) is 39.3 Å². The summed E-state index contributed by atoms with van der Waals surface area (Å²) in [4.78, 5) is 2.32. The van der Waals surface area contributed by atoms with E-state index in [4.69, 9.17) is 5.73 Å². The molecule has 2 nitrogen and oxygen atoms in total. The van der Waals surface area contributed by atoms with Gasteiger partial charge in [-0.15, -0.1) is 0 Å². The van der Waals surface area contributed by atoms with E-state index in [2.05, 4.69) is 38.7 Å². The Kier molecular flexibility index (Phi) is 3.39. The molecule has 1 aromatic carbocycles. The van der Waals surface area contributed by atoms with E-state index in [1.807, 2.05) is 12.1 Å². The molecule has 0 spiro atoms. The van der Waals surface area contributed by atoms with Crippen LogP contribution < -0.4 is 10.6 Å². The van der Waals surface area contributed by atoms with E-state index in [1.54, 1.807) is 0 Å². The molecule has 0 radical (unpaired) electrons. The fourth-order valence-corrected chi connectivity index (χ4v) is 1.86. The molecule has 2 heteroatoms. The molecule has 0 aromatic heterocycles. The molecule has 14 heavy (non-hydrogen) atoms. The predicted molar refractivity (Wildman–Crippen MR) is 63.7 cm³/mol. The lowest BCUT2D eigenvalue weighted by Gasteiger charge is -2.30. The van der Waals surface area contributed by atoms with Crippen LogP contribution in [0.3, 0.4) is 0 Å². The molecule has 0 atom stereocenters. The number of nitrogen functional groups attached to an aromatic ring is 1. The SMILES string of the molecule is CCN(c1c(C)cccc1N)C(C)C. The average Bonchev–Trinajstić information content (AvgIpc) is 2.10. The summed E-state index contributed by atoms with van der Waals surface area (Å²) >= 11 is 0. The van der Waals surface area contributed by atoms with Crippen molar-refractivity contribution in [3.05, 3.63) is 23.8 Å². The highest BCUT2D eigenvalue weighted by Gasteiger charge is 2.13. The minimum absolute atomic E-state index is 0.489. The number of anilines is 2. The van der Waals surface area contributed by atoms with Gasteiger partial charge in [-0.1, -0.05) is 12.1 Å². The first kappa shape index (κ1) is 10.9. The quantitative estimate of drug-likeness (QED) is 0.746. The molecule has 78 valence electrons. The van der Waals surface area contributed by atoms with Gasteiger partial charge in [0.25, 0.3) is 0 Å². The van der Waals surface area contributed by atoms with Gasteiger partial charge in [0.1, 0.15) is 0 Å². The van der Waals surface area contributed by atoms with Gasteiger partial charge < -0.3 is 10.6 Å². The zero-order chi connectivity index (χ0) is 10.7. The molecule has 0 aliphatic carbocycles. The molecular formula is C12H20N2. The molecule has 0 saturated carbocycles. The summed E-state index contributed by atoms with van der Waals surface area (Å²) in [6, 6.07) is 6.57. The van der Waals surface area contributed by atoms with Gasteiger partial charge >= 0.3 is 0 Å². The van der Waals surface area contributed by atoms with Crippen molar-refractivity contribution < 1.29 is 0 Å². The first-order valence-corrected chi connectivity index (χ1v) is 5.19. The molecule has 0 saturated heterocycles. The van der Waals surface area contributed by atoms with E-state index in [1.165, 1.54) is 11.3 Å². The van der Waals surface area contributed by atoms with Crippen LogP contribution in [-0.2, 0) is 0 Å². The second-order valence-electron chi connectivity index (χ2n) is 3.89. The Morgan fingerprint density at radius 3 is 2.43 bits per heavy atom. The highest BCUT2D eigenvalue weighted by molar-refractivity contribution is 5.71. The number of hydrogen-bond acceptors (Lipinski definition) is 2. The van der Waals surface area contributed by atoms with Crippen LogP contribution in [0.25, 0.3) is 0 Å². The smallest absolute Gasteiger partial charge is 0.0631 e. The van der Waals surface area contributed by atoms with Crippen LogP contribution in [0, 0.1) is 6.92 Å². The van der Waals surface area contributed by atoms with Gasteiger partial charge in [0.05, 0.1) is 11.4 Å². The van der Waals surface area contributed by atoms with Crippen LogP contribution in [-0.4, -0.2) is 12.6 Å². The molecular weight excluding hydrogens is 172 g/mol. The van der Waals surface area contributed by atoms with Crippen molar-refractivity contribution in [1.82, 2.24) is 0 Å².